The lowest BCUT2D eigenvalue weighted by atomic mass is 10.1. The Morgan fingerprint density at radius 3 is 2.72 bits per heavy atom. The lowest BCUT2D eigenvalue weighted by Gasteiger charge is -2.24. The molecule has 0 saturated heterocycles. The molecule has 0 unspecified atom stereocenters. The molecule has 3 heteroatoms. The first kappa shape index (κ1) is 12.6. The van der Waals surface area contributed by atoms with Gasteiger partial charge in [0.2, 0.25) is 0 Å². The summed E-state index contributed by atoms with van der Waals surface area (Å²) < 4.78 is 0. The van der Waals surface area contributed by atoms with Crippen molar-refractivity contribution in [3.63, 3.8) is 0 Å². The average Bonchev–Trinajstić information content (AvgIpc) is 2.39. The number of hydrogen-bond donors (Lipinski definition) is 1. The lowest BCUT2D eigenvalue weighted by Crippen LogP contribution is -2.22. The number of pyridine rings is 1. The Hall–Kier alpha value is -1.87. The van der Waals surface area contributed by atoms with Gasteiger partial charge in [-0.05, 0) is 43.8 Å². The summed E-state index contributed by atoms with van der Waals surface area (Å²) in [5.74, 6) is 0.311. The van der Waals surface area contributed by atoms with Crippen molar-refractivity contribution in [3.05, 3.63) is 59.9 Å². The highest BCUT2D eigenvalue weighted by Crippen LogP contribution is 2.23. The van der Waals surface area contributed by atoms with E-state index in [4.69, 9.17) is 0 Å². The minimum Gasteiger partial charge on any atom is -0.508 e. The largest absolute Gasteiger partial charge is 0.508 e. The second-order valence-corrected chi connectivity index (χ2v) is 4.51. The van der Waals surface area contributed by atoms with Crippen molar-refractivity contribution in [1.82, 2.24) is 9.88 Å². The number of aromatic nitrogens is 1. The Bertz CT molecular complexity index is 499. The third-order valence-electron chi connectivity index (χ3n) is 3.15. The van der Waals surface area contributed by atoms with Crippen LogP contribution in [-0.4, -0.2) is 22.0 Å². The molecular weight excluding hydrogens is 224 g/mol. The number of phenolic OH excluding ortho intramolecular Hbond substituents is 1. The van der Waals surface area contributed by atoms with E-state index in [1.165, 1.54) is 0 Å². The van der Waals surface area contributed by atoms with Crippen molar-refractivity contribution in [3.8, 4) is 5.75 Å². The van der Waals surface area contributed by atoms with Crippen LogP contribution in [0.4, 0.5) is 0 Å². The molecule has 94 valence electrons. The van der Waals surface area contributed by atoms with Crippen LogP contribution in [0.2, 0.25) is 0 Å². The van der Waals surface area contributed by atoms with Gasteiger partial charge in [-0.15, -0.1) is 0 Å². The predicted molar refractivity (Wildman–Crippen MR) is 72.2 cm³/mol. The maximum atomic E-state index is 9.50. The number of benzene rings is 1. The van der Waals surface area contributed by atoms with E-state index in [2.05, 4.69) is 23.9 Å². The molecule has 1 aromatic carbocycles. The molecule has 0 fully saturated rings. The predicted octanol–water partition coefficient (Wildman–Crippen LogP) is 2.98. The molecule has 0 radical (unpaired) electrons. The quantitative estimate of drug-likeness (QED) is 0.895. The number of hydrogen-bond acceptors (Lipinski definition) is 3. The third-order valence-corrected chi connectivity index (χ3v) is 3.15. The van der Waals surface area contributed by atoms with Crippen molar-refractivity contribution in [2.75, 3.05) is 7.05 Å². The molecule has 0 spiro atoms. The molecule has 0 aliphatic rings. The molecule has 0 aliphatic heterocycles. The normalized spacial score (nSPS) is 12.6. The van der Waals surface area contributed by atoms with E-state index >= 15 is 0 Å². The zero-order chi connectivity index (χ0) is 13.0. The average molecular weight is 242 g/mol. The summed E-state index contributed by atoms with van der Waals surface area (Å²) >= 11 is 0. The number of aromatic hydroxyl groups is 1. The molecular formula is C15H18N2O. The van der Waals surface area contributed by atoms with E-state index in [0.717, 1.165) is 17.8 Å². The number of rotatable bonds is 4. The van der Waals surface area contributed by atoms with Gasteiger partial charge in [0.15, 0.2) is 0 Å². The van der Waals surface area contributed by atoms with Gasteiger partial charge in [0.25, 0.3) is 0 Å². The molecule has 18 heavy (non-hydrogen) atoms. The van der Waals surface area contributed by atoms with Gasteiger partial charge in [-0.3, -0.25) is 9.88 Å². The highest BCUT2D eigenvalue weighted by atomic mass is 16.3. The van der Waals surface area contributed by atoms with E-state index in [-0.39, 0.29) is 6.04 Å². The van der Waals surface area contributed by atoms with Crippen molar-refractivity contribution < 1.29 is 5.11 Å². The monoisotopic (exact) mass is 242 g/mol. The summed E-state index contributed by atoms with van der Waals surface area (Å²) in [4.78, 5) is 6.53. The second kappa shape index (κ2) is 5.65. The Morgan fingerprint density at radius 1 is 1.22 bits per heavy atom. The SMILES string of the molecule is C[C@H](c1cccc(O)c1)N(C)Cc1ccccn1. The molecule has 1 atom stereocenters. The van der Waals surface area contributed by atoms with Crippen LogP contribution in [0.15, 0.2) is 48.7 Å². The maximum Gasteiger partial charge on any atom is 0.115 e. The summed E-state index contributed by atoms with van der Waals surface area (Å²) in [6.45, 7) is 2.91. The molecule has 3 nitrogen and oxygen atoms in total. The molecule has 1 heterocycles. The van der Waals surface area contributed by atoms with Crippen molar-refractivity contribution in [1.29, 1.82) is 0 Å². The summed E-state index contributed by atoms with van der Waals surface area (Å²) in [5, 5.41) is 9.50. The minimum absolute atomic E-state index is 0.235. The van der Waals surface area contributed by atoms with Crippen molar-refractivity contribution >= 4 is 0 Å². The van der Waals surface area contributed by atoms with Crippen LogP contribution in [-0.2, 0) is 6.54 Å². The zero-order valence-electron chi connectivity index (χ0n) is 10.7. The smallest absolute Gasteiger partial charge is 0.115 e. The fourth-order valence-corrected chi connectivity index (χ4v) is 1.92. The van der Waals surface area contributed by atoms with Gasteiger partial charge in [0, 0.05) is 18.8 Å². The molecule has 0 saturated carbocycles. The van der Waals surface area contributed by atoms with Crippen molar-refractivity contribution in [2.45, 2.75) is 19.5 Å². The van der Waals surface area contributed by atoms with Crippen LogP contribution < -0.4 is 0 Å². The highest BCUT2D eigenvalue weighted by Gasteiger charge is 2.12. The Kier molecular flexibility index (Phi) is 3.95. The third kappa shape index (κ3) is 3.08. The Labute approximate surface area is 108 Å². The molecule has 1 aromatic heterocycles. The molecule has 0 aliphatic carbocycles. The Morgan fingerprint density at radius 2 is 2.06 bits per heavy atom. The van der Waals surface area contributed by atoms with Crippen LogP contribution in [0.5, 0.6) is 5.75 Å². The first-order chi connectivity index (χ1) is 8.66. The van der Waals surface area contributed by atoms with E-state index in [1.54, 1.807) is 12.1 Å². The highest BCUT2D eigenvalue weighted by molar-refractivity contribution is 5.29. The van der Waals surface area contributed by atoms with E-state index in [9.17, 15) is 5.11 Å². The van der Waals surface area contributed by atoms with Gasteiger partial charge in [0.1, 0.15) is 5.75 Å². The zero-order valence-corrected chi connectivity index (χ0v) is 10.7. The van der Waals surface area contributed by atoms with Gasteiger partial charge in [-0.25, -0.2) is 0 Å². The molecule has 2 rings (SSSR count). The van der Waals surface area contributed by atoms with Gasteiger partial charge in [-0.2, -0.15) is 0 Å². The summed E-state index contributed by atoms with van der Waals surface area (Å²) in [6.07, 6.45) is 1.81. The second-order valence-electron chi connectivity index (χ2n) is 4.51. The standard InChI is InChI=1S/C15H18N2O/c1-12(13-6-5-8-15(18)10-13)17(2)11-14-7-3-4-9-16-14/h3-10,12,18H,11H2,1-2H3/t12-/m1/s1. The van der Waals surface area contributed by atoms with Crippen LogP contribution in [0.1, 0.15) is 24.2 Å². The summed E-state index contributed by atoms with van der Waals surface area (Å²) in [7, 11) is 2.06. The van der Waals surface area contributed by atoms with Crippen LogP contribution in [0.3, 0.4) is 0 Å². The van der Waals surface area contributed by atoms with Gasteiger partial charge < -0.3 is 5.11 Å². The van der Waals surface area contributed by atoms with Crippen LogP contribution in [0.25, 0.3) is 0 Å². The van der Waals surface area contributed by atoms with Crippen LogP contribution in [0, 0.1) is 0 Å². The van der Waals surface area contributed by atoms with Gasteiger partial charge in [0.05, 0.1) is 5.69 Å². The molecule has 1 N–H and O–H groups in total. The first-order valence-electron chi connectivity index (χ1n) is 6.06. The fraction of sp³-hybridized carbons (Fsp3) is 0.267. The lowest BCUT2D eigenvalue weighted by molar-refractivity contribution is 0.249. The minimum atomic E-state index is 0.235. The maximum absolute atomic E-state index is 9.50. The van der Waals surface area contributed by atoms with E-state index < -0.39 is 0 Å². The summed E-state index contributed by atoms with van der Waals surface area (Å²) in [5.41, 5.74) is 2.15. The topological polar surface area (TPSA) is 36.4 Å². The van der Waals surface area contributed by atoms with Crippen molar-refractivity contribution in [2.24, 2.45) is 0 Å². The number of nitrogens with zero attached hydrogens (tertiary/aromatic N) is 2. The summed E-state index contributed by atoms with van der Waals surface area (Å²) in [6, 6.07) is 13.6. The Balaban J connectivity index is 2.07. The van der Waals surface area contributed by atoms with E-state index in [0.29, 0.717) is 5.75 Å². The van der Waals surface area contributed by atoms with Gasteiger partial charge >= 0.3 is 0 Å². The van der Waals surface area contributed by atoms with E-state index in [1.807, 2.05) is 36.5 Å². The molecule has 2 aromatic rings. The molecule has 0 amide bonds. The van der Waals surface area contributed by atoms with Crippen LogP contribution >= 0.6 is 0 Å². The first-order valence-corrected chi connectivity index (χ1v) is 6.06. The fourth-order valence-electron chi connectivity index (χ4n) is 1.92. The van der Waals surface area contributed by atoms with Gasteiger partial charge in [-0.1, -0.05) is 18.2 Å². The number of phenols is 1. The molecule has 0 bridgehead atoms.